The van der Waals surface area contributed by atoms with Crippen molar-refractivity contribution in [3.05, 3.63) is 41.5 Å². The molecule has 1 amide bonds. The standard InChI is InChI=1S/C20H27N3O4S/c1-15-8-10-17(11-9-15)28(25,26)14-18-22-20(27-23-18)13-12-19(24)21-16-6-4-2-3-5-7-16/h8-11,16H,2-7,12-14H2,1H3,(H,21,24). The predicted molar refractivity (Wildman–Crippen MR) is 104 cm³/mol. The van der Waals surface area contributed by atoms with E-state index in [-0.39, 0.29) is 40.7 Å². The summed E-state index contributed by atoms with van der Waals surface area (Å²) in [6.07, 6.45) is 7.42. The van der Waals surface area contributed by atoms with Crippen molar-refractivity contribution in [1.82, 2.24) is 15.5 Å². The summed E-state index contributed by atoms with van der Waals surface area (Å²) < 4.78 is 30.0. The number of amides is 1. The van der Waals surface area contributed by atoms with Crippen molar-refractivity contribution in [1.29, 1.82) is 0 Å². The van der Waals surface area contributed by atoms with E-state index in [0.717, 1.165) is 31.2 Å². The Balaban J connectivity index is 1.51. The Bertz CT molecular complexity index is 882. The molecule has 0 saturated heterocycles. The van der Waals surface area contributed by atoms with Gasteiger partial charge in [0.25, 0.3) is 0 Å². The van der Waals surface area contributed by atoms with E-state index >= 15 is 0 Å². The van der Waals surface area contributed by atoms with Gasteiger partial charge in [-0.05, 0) is 31.9 Å². The highest BCUT2D eigenvalue weighted by Gasteiger charge is 2.20. The molecule has 0 aliphatic heterocycles. The summed E-state index contributed by atoms with van der Waals surface area (Å²) in [6.45, 7) is 1.90. The molecule has 0 atom stereocenters. The zero-order valence-corrected chi connectivity index (χ0v) is 17.0. The Morgan fingerprint density at radius 3 is 2.50 bits per heavy atom. The van der Waals surface area contributed by atoms with Crippen LogP contribution in [0, 0.1) is 6.92 Å². The fourth-order valence-electron chi connectivity index (χ4n) is 3.39. The van der Waals surface area contributed by atoms with Crippen molar-refractivity contribution < 1.29 is 17.7 Å². The lowest BCUT2D eigenvalue weighted by Crippen LogP contribution is -2.34. The first-order valence-electron chi connectivity index (χ1n) is 9.82. The molecule has 1 heterocycles. The monoisotopic (exact) mass is 405 g/mol. The van der Waals surface area contributed by atoms with Gasteiger partial charge in [0.15, 0.2) is 15.7 Å². The molecule has 7 nitrogen and oxygen atoms in total. The van der Waals surface area contributed by atoms with Gasteiger partial charge in [0.2, 0.25) is 11.8 Å². The van der Waals surface area contributed by atoms with Crippen LogP contribution in [0.4, 0.5) is 0 Å². The summed E-state index contributed by atoms with van der Waals surface area (Å²) in [6, 6.07) is 6.91. The van der Waals surface area contributed by atoms with Crippen LogP contribution in [0.1, 0.15) is 62.2 Å². The van der Waals surface area contributed by atoms with Crippen molar-refractivity contribution in [3.8, 4) is 0 Å². The van der Waals surface area contributed by atoms with Gasteiger partial charge in [-0.25, -0.2) is 8.42 Å². The van der Waals surface area contributed by atoms with Crippen LogP contribution in [0.3, 0.4) is 0 Å². The first kappa shape index (κ1) is 20.5. The molecule has 1 saturated carbocycles. The fraction of sp³-hybridized carbons (Fsp3) is 0.550. The Morgan fingerprint density at radius 2 is 1.82 bits per heavy atom. The number of carbonyl (C=O) groups excluding carboxylic acids is 1. The summed E-state index contributed by atoms with van der Waals surface area (Å²) >= 11 is 0. The average Bonchev–Trinajstić information content (AvgIpc) is 2.93. The molecule has 152 valence electrons. The predicted octanol–water partition coefficient (Wildman–Crippen LogP) is 3.12. The molecule has 0 bridgehead atoms. The lowest BCUT2D eigenvalue weighted by atomic mass is 10.1. The first-order valence-corrected chi connectivity index (χ1v) is 11.5. The maximum Gasteiger partial charge on any atom is 0.227 e. The summed E-state index contributed by atoms with van der Waals surface area (Å²) in [4.78, 5) is 16.5. The van der Waals surface area contributed by atoms with Crippen molar-refractivity contribution in [2.45, 2.75) is 75.0 Å². The lowest BCUT2D eigenvalue weighted by molar-refractivity contribution is -0.121. The number of benzene rings is 1. The SMILES string of the molecule is Cc1ccc(S(=O)(=O)Cc2noc(CCC(=O)NC3CCCCCC3)n2)cc1. The Kier molecular flexibility index (Phi) is 6.83. The smallest absolute Gasteiger partial charge is 0.227 e. The summed E-state index contributed by atoms with van der Waals surface area (Å²) in [7, 11) is -3.53. The van der Waals surface area contributed by atoms with Crippen molar-refractivity contribution >= 4 is 15.7 Å². The zero-order valence-electron chi connectivity index (χ0n) is 16.2. The normalized spacial score (nSPS) is 15.9. The van der Waals surface area contributed by atoms with E-state index < -0.39 is 9.84 Å². The second-order valence-electron chi connectivity index (χ2n) is 7.43. The number of nitrogens with zero attached hydrogens (tertiary/aromatic N) is 2. The topological polar surface area (TPSA) is 102 Å². The molecule has 1 aromatic heterocycles. The lowest BCUT2D eigenvalue weighted by Gasteiger charge is -2.15. The maximum atomic E-state index is 12.5. The second kappa shape index (κ2) is 9.32. The van der Waals surface area contributed by atoms with Crippen LogP contribution >= 0.6 is 0 Å². The molecule has 1 aromatic carbocycles. The molecule has 1 N–H and O–H groups in total. The van der Waals surface area contributed by atoms with Gasteiger partial charge >= 0.3 is 0 Å². The highest BCUT2D eigenvalue weighted by atomic mass is 32.2. The fourth-order valence-corrected chi connectivity index (χ4v) is 4.57. The van der Waals surface area contributed by atoms with Gasteiger partial charge in [0.05, 0.1) is 4.90 Å². The molecule has 1 aliphatic carbocycles. The van der Waals surface area contributed by atoms with E-state index in [1.54, 1.807) is 24.3 Å². The summed E-state index contributed by atoms with van der Waals surface area (Å²) in [5, 5.41) is 6.83. The average molecular weight is 406 g/mol. The Labute approximate surface area is 165 Å². The number of sulfone groups is 1. The first-order chi connectivity index (χ1) is 13.4. The van der Waals surface area contributed by atoms with Crippen molar-refractivity contribution in [3.63, 3.8) is 0 Å². The number of hydrogen-bond acceptors (Lipinski definition) is 6. The molecule has 1 aliphatic rings. The van der Waals surface area contributed by atoms with Gasteiger partial charge in [-0.2, -0.15) is 4.98 Å². The van der Waals surface area contributed by atoms with E-state index in [0.29, 0.717) is 6.42 Å². The van der Waals surface area contributed by atoms with Crippen LogP contribution in [0.25, 0.3) is 0 Å². The molecule has 3 rings (SSSR count). The second-order valence-corrected chi connectivity index (χ2v) is 9.42. The number of hydrogen-bond donors (Lipinski definition) is 1. The van der Waals surface area contributed by atoms with Crippen LogP contribution < -0.4 is 5.32 Å². The van der Waals surface area contributed by atoms with Crippen molar-refractivity contribution in [2.75, 3.05) is 0 Å². The third-order valence-corrected chi connectivity index (χ3v) is 6.62. The van der Waals surface area contributed by atoms with Gasteiger partial charge in [-0.1, -0.05) is 48.5 Å². The summed E-state index contributed by atoms with van der Waals surface area (Å²) in [5.41, 5.74) is 0.989. The van der Waals surface area contributed by atoms with E-state index in [1.165, 1.54) is 12.8 Å². The third kappa shape index (κ3) is 5.89. The Hall–Kier alpha value is -2.22. The van der Waals surface area contributed by atoms with Crippen LogP contribution in [0.15, 0.2) is 33.7 Å². The molecule has 0 unspecified atom stereocenters. The minimum Gasteiger partial charge on any atom is -0.353 e. The largest absolute Gasteiger partial charge is 0.353 e. The van der Waals surface area contributed by atoms with Crippen LogP contribution in [-0.2, 0) is 26.8 Å². The maximum absolute atomic E-state index is 12.5. The minimum absolute atomic E-state index is 0.0288. The van der Waals surface area contributed by atoms with Gasteiger partial charge in [0.1, 0.15) is 5.75 Å². The number of aryl methyl sites for hydroxylation is 2. The molecule has 0 radical (unpaired) electrons. The van der Waals surface area contributed by atoms with Crippen LogP contribution in [0.2, 0.25) is 0 Å². The zero-order chi connectivity index (χ0) is 20.0. The molecular formula is C20H27N3O4S. The van der Waals surface area contributed by atoms with E-state index in [1.807, 2.05) is 6.92 Å². The molecular weight excluding hydrogens is 378 g/mol. The number of carbonyl (C=O) groups is 1. The highest BCUT2D eigenvalue weighted by Crippen LogP contribution is 2.18. The highest BCUT2D eigenvalue weighted by molar-refractivity contribution is 7.90. The summed E-state index contributed by atoms with van der Waals surface area (Å²) in [5.74, 6) is 0.0391. The molecule has 1 fully saturated rings. The van der Waals surface area contributed by atoms with Gasteiger partial charge in [0, 0.05) is 18.9 Å². The van der Waals surface area contributed by atoms with Gasteiger partial charge in [-0.3, -0.25) is 4.79 Å². The van der Waals surface area contributed by atoms with Crippen molar-refractivity contribution in [2.24, 2.45) is 0 Å². The van der Waals surface area contributed by atoms with E-state index in [4.69, 9.17) is 4.52 Å². The van der Waals surface area contributed by atoms with E-state index in [9.17, 15) is 13.2 Å². The van der Waals surface area contributed by atoms with Gasteiger partial charge < -0.3 is 9.84 Å². The van der Waals surface area contributed by atoms with Gasteiger partial charge in [-0.15, -0.1) is 0 Å². The number of rotatable bonds is 7. The third-order valence-electron chi connectivity index (χ3n) is 5.00. The number of aromatic nitrogens is 2. The molecule has 8 heteroatoms. The van der Waals surface area contributed by atoms with E-state index in [2.05, 4.69) is 15.5 Å². The quantitative estimate of drug-likeness (QED) is 0.710. The molecule has 0 spiro atoms. The minimum atomic E-state index is -3.53. The van der Waals surface area contributed by atoms with Crippen LogP contribution in [0.5, 0.6) is 0 Å². The number of nitrogens with one attached hydrogen (secondary N) is 1. The Morgan fingerprint density at radius 1 is 1.14 bits per heavy atom. The molecule has 2 aromatic rings. The molecule has 28 heavy (non-hydrogen) atoms. The van der Waals surface area contributed by atoms with Crippen LogP contribution in [-0.4, -0.2) is 30.5 Å².